The summed E-state index contributed by atoms with van der Waals surface area (Å²) in [5.41, 5.74) is 2.62. The zero-order chi connectivity index (χ0) is 21.5. The van der Waals surface area contributed by atoms with Crippen LogP contribution in [-0.4, -0.2) is 11.2 Å². The van der Waals surface area contributed by atoms with Gasteiger partial charge in [-0.05, 0) is 104 Å². The van der Waals surface area contributed by atoms with Gasteiger partial charge in [-0.1, -0.05) is 72.0 Å². The van der Waals surface area contributed by atoms with Gasteiger partial charge in [-0.15, -0.1) is 0 Å². The van der Waals surface area contributed by atoms with E-state index in [1.165, 1.54) is 70.6 Å². The third-order valence-electron chi connectivity index (χ3n) is 11.0. The molecule has 1 heteroatoms. The molecular weight excluding hydrogens is 364 g/mol. The molecule has 0 aromatic rings. The van der Waals surface area contributed by atoms with E-state index < -0.39 is 0 Å². The summed E-state index contributed by atoms with van der Waals surface area (Å²) in [6.45, 7) is 12.5. The van der Waals surface area contributed by atoms with Crippen LogP contribution in [0.15, 0.2) is 11.6 Å². The molecule has 3 saturated carbocycles. The first-order chi connectivity index (χ1) is 14.3. The molecule has 172 valence electrons. The van der Waals surface area contributed by atoms with Crippen molar-refractivity contribution in [2.45, 2.75) is 124 Å². The largest absolute Gasteiger partial charge is 0.393 e. The van der Waals surface area contributed by atoms with E-state index in [0.717, 1.165) is 48.3 Å². The lowest BCUT2D eigenvalue weighted by molar-refractivity contribution is -0.0510. The predicted molar refractivity (Wildman–Crippen MR) is 128 cm³/mol. The molecule has 1 nitrogen and oxygen atoms in total. The smallest absolute Gasteiger partial charge is 0.0577 e. The Morgan fingerprint density at radius 2 is 1.83 bits per heavy atom. The quantitative estimate of drug-likeness (QED) is 0.416. The molecule has 0 aromatic carbocycles. The van der Waals surface area contributed by atoms with Gasteiger partial charge in [-0.3, -0.25) is 0 Å². The molecule has 8 atom stereocenters. The van der Waals surface area contributed by atoms with Crippen LogP contribution in [0.1, 0.15) is 118 Å². The third-order valence-corrected chi connectivity index (χ3v) is 11.0. The second kappa shape index (κ2) is 8.92. The highest BCUT2D eigenvalue weighted by atomic mass is 16.3. The van der Waals surface area contributed by atoms with E-state index in [2.05, 4.69) is 40.7 Å². The molecule has 0 saturated heterocycles. The van der Waals surface area contributed by atoms with Crippen LogP contribution >= 0.6 is 0 Å². The van der Waals surface area contributed by atoms with Crippen LogP contribution in [0.5, 0.6) is 0 Å². The van der Waals surface area contributed by atoms with Gasteiger partial charge < -0.3 is 5.11 Å². The Labute approximate surface area is 187 Å². The molecule has 0 aliphatic heterocycles. The van der Waals surface area contributed by atoms with Gasteiger partial charge in [-0.25, -0.2) is 0 Å². The minimum Gasteiger partial charge on any atom is -0.393 e. The Balaban J connectivity index is 1.41. The van der Waals surface area contributed by atoms with E-state index in [0.29, 0.717) is 10.8 Å². The van der Waals surface area contributed by atoms with Gasteiger partial charge in [-0.2, -0.15) is 0 Å². The molecular formula is C29H50O. The fraction of sp³-hybridized carbons (Fsp3) is 0.931. The van der Waals surface area contributed by atoms with Crippen LogP contribution < -0.4 is 0 Å². The maximum absolute atomic E-state index is 10.2. The van der Waals surface area contributed by atoms with Crippen molar-refractivity contribution in [1.29, 1.82) is 0 Å². The predicted octanol–water partition coefficient (Wildman–Crippen LogP) is 8.17. The molecule has 0 radical (unpaired) electrons. The molecule has 0 spiro atoms. The van der Waals surface area contributed by atoms with Crippen LogP contribution in [0.3, 0.4) is 0 Å². The van der Waals surface area contributed by atoms with E-state index in [4.69, 9.17) is 0 Å². The Hall–Kier alpha value is -0.300. The lowest BCUT2D eigenvalue weighted by atomic mass is 9.47. The van der Waals surface area contributed by atoms with E-state index in [-0.39, 0.29) is 6.10 Å². The number of aliphatic hydroxyl groups is 1. The Morgan fingerprint density at radius 3 is 2.57 bits per heavy atom. The minimum absolute atomic E-state index is 0.0760. The Morgan fingerprint density at radius 1 is 1.03 bits per heavy atom. The molecule has 4 aliphatic carbocycles. The zero-order valence-corrected chi connectivity index (χ0v) is 20.8. The maximum Gasteiger partial charge on any atom is 0.0577 e. The maximum atomic E-state index is 10.2. The minimum atomic E-state index is -0.0760. The molecule has 8 unspecified atom stereocenters. The third kappa shape index (κ3) is 3.95. The zero-order valence-electron chi connectivity index (χ0n) is 20.8. The van der Waals surface area contributed by atoms with Crippen LogP contribution in [0.2, 0.25) is 0 Å². The van der Waals surface area contributed by atoms with Gasteiger partial charge in [0.15, 0.2) is 0 Å². The van der Waals surface area contributed by atoms with Crippen molar-refractivity contribution >= 4 is 0 Å². The molecule has 0 amide bonds. The first-order valence-electron chi connectivity index (χ1n) is 13.7. The fourth-order valence-corrected chi connectivity index (χ4v) is 9.03. The van der Waals surface area contributed by atoms with Crippen LogP contribution in [0.4, 0.5) is 0 Å². The number of fused-ring (bicyclic) bond motifs is 5. The topological polar surface area (TPSA) is 20.2 Å². The van der Waals surface area contributed by atoms with Crippen molar-refractivity contribution in [3.05, 3.63) is 11.6 Å². The number of rotatable bonds is 7. The first-order valence-corrected chi connectivity index (χ1v) is 13.7. The van der Waals surface area contributed by atoms with Gasteiger partial charge in [0.2, 0.25) is 0 Å². The number of hydrogen-bond donors (Lipinski definition) is 1. The lowest BCUT2D eigenvalue weighted by Gasteiger charge is -2.58. The number of allylic oxidation sites excluding steroid dienone is 1. The van der Waals surface area contributed by atoms with Gasteiger partial charge in [0.25, 0.3) is 0 Å². The Bertz CT molecular complexity index is 620. The average molecular weight is 415 g/mol. The van der Waals surface area contributed by atoms with E-state index in [1.807, 2.05) is 0 Å². The van der Waals surface area contributed by atoms with Gasteiger partial charge in [0, 0.05) is 0 Å². The summed E-state index contributed by atoms with van der Waals surface area (Å²) in [6.07, 6.45) is 20.1. The first kappa shape index (κ1) is 22.9. The summed E-state index contributed by atoms with van der Waals surface area (Å²) < 4.78 is 0. The summed E-state index contributed by atoms with van der Waals surface area (Å²) in [6, 6.07) is 0. The molecule has 30 heavy (non-hydrogen) atoms. The van der Waals surface area contributed by atoms with Crippen molar-refractivity contribution < 1.29 is 5.11 Å². The summed E-state index contributed by atoms with van der Waals surface area (Å²) in [7, 11) is 0. The summed E-state index contributed by atoms with van der Waals surface area (Å²) in [5, 5.41) is 10.2. The Kier molecular flexibility index (Phi) is 6.80. The molecule has 0 aromatic heterocycles. The second-order valence-corrected chi connectivity index (χ2v) is 12.7. The molecule has 1 N–H and O–H groups in total. The van der Waals surface area contributed by atoms with Crippen LogP contribution in [-0.2, 0) is 0 Å². The summed E-state index contributed by atoms with van der Waals surface area (Å²) in [4.78, 5) is 0. The highest BCUT2D eigenvalue weighted by molar-refractivity contribution is 5.25. The van der Waals surface area contributed by atoms with E-state index in [9.17, 15) is 5.11 Å². The normalized spacial score (nSPS) is 44.2. The van der Waals surface area contributed by atoms with Crippen LogP contribution in [0, 0.1) is 46.3 Å². The molecule has 0 bridgehead atoms. The van der Waals surface area contributed by atoms with Crippen molar-refractivity contribution in [2.24, 2.45) is 46.3 Å². The van der Waals surface area contributed by atoms with Gasteiger partial charge in [0.05, 0.1) is 6.10 Å². The number of hydrogen-bond acceptors (Lipinski definition) is 1. The molecule has 4 rings (SSSR count). The lowest BCUT2D eigenvalue weighted by Crippen LogP contribution is -2.50. The van der Waals surface area contributed by atoms with Crippen molar-refractivity contribution in [3.8, 4) is 0 Å². The van der Waals surface area contributed by atoms with Gasteiger partial charge in [0.1, 0.15) is 0 Å². The van der Waals surface area contributed by atoms with Gasteiger partial charge >= 0.3 is 0 Å². The van der Waals surface area contributed by atoms with E-state index >= 15 is 0 Å². The summed E-state index contributed by atoms with van der Waals surface area (Å²) in [5.74, 6) is 5.53. The fourth-order valence-electron chi connectivity index (χ4n) is 9.03. The van der Waals surface area contributed by atoms with E-state index in [1.54, 1.807) is 5.57 Å². The molecule has 4 aliphatic rings. The van der Waals surface area contributed by atoms with Crippen molar-refractivity contribution in [1.82, 2.24) is 0 Å². The molecule has 3 fully saturated rings. The highest BCUT2D eigenvalue weighted by Gasteiger charge is 2.58. The molecule has 0 heterocycles. The highest BCUT2D eigenvalue weighted by Crippen LogP contribution is 2.66. The second-order valence-electron chi connectivity index (χ2n) is 12.7. The van der Waals surface area contributed by atoms with Crippen molar-refractivity contribution in [3.63, 3.8) is 0 Å². The average Bonchev–Trinajstić information content (AvgIpc) is 3.04. The summed E-state index contributed by atoms with van der Waals surface area (Å²) >= 11 is 0. The monoisotopic (exact) mass is 414 g/mol. The SMILES string of the molecule is CCCC(CCCC1CCC2C3CC=C4CC(O)CCC4(C)C3CCC12C)C(C)C. The van der Waals surface area contributed by atoms with Crippen molar-refractivity contribution in [2.75, 3.05) is 0 Å². The number of aliphatic hydroxyl groups excluding tert-OH is 1. The van der Waals surface area contributed by atoms with Crippen LogP contribution in [0.25, 0.3) is 0 Å². The standard InChI is InChI=1S/C29H50O/c1-6-8-21(20(2)3)9-7-10-22-12-14-26-25-13-11-23-19-24(30)15-17-29(23,5)27(25)16-18-28(22,26)4/h11,20-22,24-27,30H,6-10,12-19H2,1-5H3.